The minimum absolute atomic E-state index is 0. The van der Waals surface area contributed by atoms with Crippen molar-refractivity contribution in [2.75, 3.05) is 0 Å². The maximum Gasteiger partial charge on any atom is 2.00 e. The van der Waals surface area contributed by atoms with Crippen LogP contribution in [0.2, 0.25) is 0 Å². The summed E-state index contributed by atoms with van der Waals surface area (Å²) in [7, 11) is 0. The maximum absolute atomic E-state index is 8.89. The molecule has 0 spiro atoms. The summed E-state index contributed by atoms with van der Waals surface area (Å²) < 4.78 is 0. The van der Waals surface area contributed by atoms with Crippen LogP contribution in [-0.4, -0.2) is 11.4 Å². The summed E-state index contributed by atoms with van der Waals surface area (Å²) >= 11 is 0. The number of carboxylic acids is 1. The fourth-order valence-corrected chi connectivity index (χ4v) is 0. The van der Waals surface area contributed by atoms with Crippen LogP contribution in [0.25, 0.3) is 0 Å². The van der Waals surface area contributed by atoms with Gasteiger partial charge in [0, 0.05) is 5.97 Å². The molecule has 32 valence electrons. The molecule has 0 aliphatic heterocycles. The Morgan fingerprint density at radius 1 is 1.57 bits per heavy atom. The van der Waals surface area contributed by atoms with Gasteiger partial charge in [-0.05, 0) is 6.92 Å². The summed E-state index contributed by atoms with van der Waals surface area (Å²) in [6.45, 7) is 0.972. The van der Waals surface area contributed by atoms with Gasteiger partial charge in [0.15, 0.2) is 0 Å². The molecule has 3 nitrogen and oxygen atoms in total. The molecule has 0 aromatic heterocycles. The fourth-order valence-electron chi connectivity index (χ4n) is 0. The zero-order chi connectivity index (χ0) is 3.58. The molecule has 0 saturated carbocycles. The second-order valence-electron chi connectivity index (χ2n) is 0.492. The topological polar surface area (TPSA) is 70.1 Å². The average Bonchev–Trinajstić information content (AvgIpc) is 0.811. The van der Waals surface area contributed by atoms with E-state index in [0.717, 1.165) is 6.92 Å². The second kappa shape index (κ2) is 15.7. The third kappa shape index (κ3) is 162. The number of aliphatic carboxylic acids is 1. The first kappa shape index (κ1) is 24.4. The minimum atomic E-state index is -1.08. The number of hydrogen-bond acceptors (Lipinski definition) is 3. The van der Waals surface area contributed by atoms with Crippen molar-refractivity contribution in [3.05, 3.63) is 0 Å². The predicted octanol–water partition coefficient (Wildman–Crippen LogP) is -4.42. The van der Waals surface area contributed by atoms with Gasteiger partial charge in [0.05, 0.1) is 0 Å². The van der Waals surface area contributed by atoms with Crippen molar-refractivity contribution in [2.24, 2.45) is 0 Å². The van der Waals surface area contributed by atoms with Gasteiger partial charge in [0.25, 0.3) is 0 Å². The summed E-state index contributed by atoms with van der Waals surface area (Å²) in [5.41, 5.74) is 0. The van der Waals surface area contributed by atoms with E-state index >= 15 is 0 Å². The number of carbonyl (C=O) groups is 1. The summed E-state index contributed by atoms with van der Waals surface area (Å²) in [5, 5.41) is 8.89. The molecule has 0 atom stereocenters. The van der Waals surface area contributed by atoms with Crippen molar-refractivity contribution in [2.45, 2.75) is 6.92 Å². The van der Waals surface area contributed by atoms with Crippen molar-refractivity contribution in [1.82, 2.24) is 0 Å². The van der Waals surface area contributed by atoms with Gasteiger partial charge in [-0.1, -0.05) is 0 Å². The van der Waals surface area contributed by atoms with E-state index in [2.05, 4.69) is 0 Å². The number of rotatable bonds is 0. The Balaban J connectivity index is -0.0000000150. The number of carboxylic acid groups (broad SMARTS) is 1. The van der Waals surface area contributed by atoms with Crippen LogP contribution in [-0.2, 0) is 24.3 Å². The van der Waals surface area contributed by atoms with Gasteiger partial charge >= 0.3 is 49.0 Å². The molecule has 0 radical (unpaired) electrons. The summed E-state index contributed by atoms with van der Waals surface area (Å²) in [4.78, 5) is 8.89. The van der Waals surface area contributed by atoms with Crippen LogP contribution in [0.3, 0.4) is 0 Å². The van der Waals surface area contributed by atoms with Gasteiger partial charge in [-0.2, -0.15) is 0 Å². The molecule has 0 heterocycles. The summed E-state index contributed by atoms with van der Waals surface area (Å²) in [5.74, 6) is -1.08. The fraction of sp³-hybridized carbons (Fsp3) is 0.500. The Kier molecular flexibility index (Phi) is 54.8. The van der Waals surface area contributed by atoms with E-state index in [1.165, 1.54) is 0 Å². The van der Waals surface area contributed by atoms with E-state index in [9.17, 15) is 0 Å². The van der Waals surface area contributed by atoms with Crippen molar-refractivity contribution in [3.63, 3.8) is 0 Å². The third-order valence-corrected chi connectivity index (χ3v) is 0. The van der Waals surface area contributed by atoms with Crippen molar-refractivity contribution in [1.29, 1.82) is 0 Å². The largest absolute Gasteiger partial charge is 2.00 e. The number of carbonyl (C=O) groups excluding carboxylic acids is 1. The van der Waals surface area contributed by atoms with Crippen LogP contribution in [0.1, 0.15) is 6.92 Å². The zero-order valence-electron chi connectivity index (χ0n) is 4.47. The molecule has 0 aromatic carbocycles. The first-order valence-electron chi connectivity index (χ1n) is 0.908. The van der Waals surface area contributed by atoms with Crippen molar-refractivity contribution >= 4 is 5.97 Å². The smallest absolute Gasteiger partial charge is 0.870 e. The van der Waals surface area contributed by atoms with Crippen LogP contribution in [0.4, 0.5) is 0 Å². The number of hydrogen-bond donors (Lipinski definition) is 0. The normalized spacial score (nSPS) is 3.57. The predicted molar refractivity (Wildman–Crippen MR) is 12.6 cm³/mol. The van der Waals surface area contributed by atoms with E-state index < -0.39 is 5.97 Å². The molecule has 0 aliphatic carbocycles. The van der Waals surface area contributed by atoms with Crippen LogP contribution in [0, 0.1) is 0 Å². The molecule has 0 aliphatic rings. The van der Waals surface area contributed by atoms with E-state index in [4.69, 9.17) is 9.90 Å². The van der Waals surface area contributed by atoms with Gasteiger partial charge in [0.1, 0.15) is 0 Å². The van der Waals surface area contributed by atoms with Gasteiger partial charge in [-0.15, -0.1) is 0 Å². The molecule has 7 heavy (non-hydrogen) atoms. The van der Waals surface area contributed by atoms with E-state index in [0.29, 0.717) is 0 Å². The summed E-state index contributed by atoms with van der Waals surface area (Å²) in [6.07, 6.45) is 0. The SMILES string of the molecule is CC(=O)[O-].[Na+].[OH-].[Zn+2]. The quantitative estimate of drug-likeness (QED) is 0.339. The van der Waals surface area contributed by atoms with Gasteiger partial charge in [0.2, 0.25) is 0 Å². The molecule has 0 amide bonds. The van der Waals surface area contributed by atoms with Crippen LogP contribution in [0.15, 0.2) is 0 Å². The molecule has 0 aromatic rings. The van der Waals surface area contributed by atoms with E-state index in [1.807, 2.05) is 0 Å². The molecule has 1 N–H and O–H groups in total. The third-order valence-electron chi connectivity index (χ3n) is 0. The Morgan fingerprint density at radius 3 is 1.57 bits per heavy atom. The van der Waals surface area contributed by atoms with Crippen LogP contribution < -0.4 is 34.7 Å². The second-order valence-corrected chi connectivity index (χ2v) is 0.492. The van der Waals surface area contributed by atoms with Gasteiger partial charge < -0.3 is 15.4 Å². The molecule has 0 saturated heterocycles. The Hall–Kier alpha value is 1.05. The zero-order valence-corrected chi connectivity index (χ0v) is 9.44. The molecular formula is C2H4NaO3Zn+. The Labute approximate surface area is 76.8 Å². The molecule has 0 rings (SSSR count). The van der Waals surface area contributed by atoms with Crippen molar-refractivity contribution < 1.29 is 64.4 Å². The molecule has 0 bridgehead atoms. The minimum Gasteiger partial charge on any atom is -0.870 e. The molecule has 0 unspecified atom stereocenters. The van der Waals surface area contributed by atoms with Crippen LogP contribution in [0.5, 0.6) is 0 Å². The average molecular weight is 164 g/mol. The van der Waals surface area contributed by atoms with Gasteiger partial charge in [-0.25, -0.2) is 0 Å². The van der Waals surface area contributed by atoms with Crippen molar-refractivity contribution in [3.8, 4) is 0 Å². The van der Waals surface area contributed by atoms with Gasteiger partial charge in [-0.3, -0.25) is 0 Å². The standard InChI is InChI=1S/C2H4O2.Na.H2O.Zn/c1-2(3)4;;;/h1H3,(H,3,4);;1H2;/q;+1;;+2/p-2. The molecule has 5 heteroatoms. The Morgan fingerprint density at radius 2 is 1.57 bits per heavy atom. The summed E-state index contributed by atoms with van der Waals surface area (Å²) in [6, 6.07) is 0. The Bertz CT molecular complexity index is 35.9. The first-order valence-corrected chi connectivity index (χ1v) is 0.908. The van der Waals surface area contributed by atoms with Crippen LogP contribution >= 0.6 is 0 Å². The monoisotopic (exact) mass is 163 g/mol. The van der Waals surface area contributed by atoms with E-state index in [1.54, 1.807) is 0 Å². The molecular weight excluding hydrogens is 160 g/mol. The molecule has 0 fully saturated rings. The first-order chi connectivity index (χ1) is 1.73. The maximum atomic E-state index is 8.89. The van der Waals surface area contributed by atoms with E-state index in [-0.39, 0.29) is 54.5 Å².